The largest absolute Gasteiger partial charge is 0.310 e. The molecular weight excluding hydrogens is 230 g/mol. The quantitative estimate of drug-likeness (QED) is 0.698. The highest BCUT2D eigenvalue weighted by Crippen LogP contribution is 2.41. The van der Waals surface area contributed by atoms with Gasteiger partial charge in [0.2, 0.25) is 0 Å². The molecule has 0 aromatic rings. The zero-order chi connectivity index (χ0) is 13.7. The Kier molecular flexibility index (Phi) is 5.50. The van der Waals surface area contributed by atoms with Gasteiger partial charge in [-0.25, -0.2) is 0 Å². The molecule has 19 heavy (non-hydrogen) atoms. The van der Waals surface area contributed by atoms with Crippen LogP contribution in [0.2, 0.25) is 0 Å². The summed E-state index contributed by atoms with van der Waals surface area (Å²) in [6, 6.07) is 0.680. The Labute approximate surface area is 120 Å². The van der Waals surface area contributed by atoms with Crippen molar-refractivity contribution in [1.29, 1.82) is 0 Å². The van der Waals surface area contributed by atoms with Crippen LogP contribution in [-0.4, -0.2) is 12.6 Å². The standard InChI is InChI=1S/C18H33N/c1-4-19-17(15-9-7-5-6-8-10-15)16-11-13-18(2,3)14-12-16/h9,16-17,19H,4-8,10-14H2,1-3H3. The normalized spacial score (nSPS) is 26.6. The van der Waals surface area contributed by atoms with Crippen molar-refractivity contribution in [2.24, 2.45) is 11.3 Å². The summed E-state index contributed by atoms with van der Waals surface area (Å²) >= 11 is 0. The molecule has 1 fully saturated rings. The van der Waals surface area contributed by atoms with Crippen molar-refractivity contribution >= 4 is 0 Å². The zero-order valence-electron chi connectivity index (χ0n) is 13.3. The third kappa shape index (κ3) is 4.34. The van der Waals surface area contributed by atoms with Gasteiger partial charge >= 0.3 is 0 Å². The molecule has 2 aliphatic rings. The first kappa shape index (κ1) is 15.1. The van der Waals surface area contributed by atoms with Crippen LogP contribution < -0.4 is 5.32 Å². The summed E-state index contributed by atoms with van der Waals surface area (Å²) in [5, 5.41) is 3.81. The fourth-order valence-corrected chi connectivity index (χ4v) is 3.90. The van der Waals surface area contributed by atoms with Crippen molar-refractivity contribution < 1.29 is 0 Å². The lowest BCUT2D eigenvalue weighted by Gasteiger charge is -2.39. The lowest BCUT2D eigenvalue weighted by atomic mass is 9.70. The van der Waals surface area contributed by atoms with Gasteiger partial charge in [-0.1, -0.05) is 38.8 Å². The number of hydrogen-bond acceptors (Lipinski definition) is 1. The summed E-state index contributed by atoms with van der Waals surface area (Å²) in [5.41, 5.74) is 2.33. The SMILES string of the molecule is CCNC(C1=CCCCCC1)C1CCC(C)(C)CC1. The molecule has 0 amide bonds. The van der Waals surface area contributed by atoms with Crippen LogP contribution in [0.3, 0.4) is 0 Å². The molecule has 0 aromatic carbocycles. The molecule has 1 heteroatoms. The van der Waals surface area contributed by atoms with E-state index in [1.165, 1.54) is 57.8 Å². The lowest BCUT2D eigenvalue weighted by Crippen LogP contribution is -2.40. The Balaban J connectivity index is 2.01. The van der Waals surface area contributed by atoms with Gasteiger partial charge in [0.15, 0.2) is 0 Å². The highest BCUT2D eigenvalue weighted by atomic mass is 14.9. The van der Waals surface area contributed by atoms with E-state index in [0.717, 1.165) is 12.5 Å². The van der Waals surface area contributed by atoms with Crippen molar-refractivity contribution in [2.45, 2.75) is 84.6 Å². The molecule has 0 radical (unpaired) electrons. The van der Waals surface area contributed by atoms with Crippen molar-refractivity contribution in [3.8, 4) is 0 Å². The van der Waals surface area contributed by atoms with Crippen LogP contribution >= 0.6 is 0 Å². The molecule has 0 aromatic heterocycles. The molecule has 1 unspecified atom stereocenters. The van der Waals surface area contributed by atoms with E-state index >= 15 is 0 Å². The number of nitrogens with one attached hydrogen (secondary N) is 1. The Morgan fingerprint density at radius 3 is 2.63 bits per heavy atom. The summed E-state index contributed by atoms with van der Waals surface area (Å²) < 4.78 is 0. The first-order valence-electron chi connectivity index (χ1n) is 8.55. The van der Waals surface area contributed by atoms with E-state index in [-0.39, 0.29) is 0 Å². The predicted molar refractivity (Wildman–Crippen MR) is 84.4 cm³/mol. The maximum absolute atomic E-state index is 3.81. The monoisotopic (exact) mass is 263 g/mol. The van der Waals surface area contributed by atoms with E-state index in [2.05, 4.69) is 32.2 Å². The maximum atomic E-state index is 3.81. The number of likely N-dealkylation sites (N-methyl/N-ethyl adjacent to an activating group) is 1. The van der Waals surface area contributed by atoms with Gasteiger partial charge in [0.25, 0.3) is 0 Å². The predicted octanol–water partition coefficient (Wildman–Crippen LogP) is 5.07. The first-order chi connectivity index (χ1) is 9.12. The molecule has 2 rings (SSSR count). The molecule has 110 valence electrons. The summed E-state index contributed by atoms with van der Waals surface area (Å²) in [6.07, 6.45) is 15.1. The fourth-order valence-electron chi connectivity index (χ4n) is 3.90. The van der Waals surface area contributed by atoms with E-state index in [4.69, 9.17) is 0 Å². The number of rotatable bonds is 4. The van der Waals surface area contributed by atoms with Gasteiger partial charge in [-0.05, 0) is 69.2 Å². The van der Waals surface area contributed by atoms with Crippen LogP contribution in [0.1, 0.15) is 78.6 Å². The van der Waals surface area contributed by atoms with Crippen molar-refractivity contribution in [2.75, 3.05) is 6.54 Å². The average molecular weight is 263 g/mol. The Hall–Kier alpha value is -0.300. The van der Waals surface area contributed by atoms with Crippen LogP contribution in [-0.2, 0) is 0 Å². The number of hydrogen-bond donors (Lipinski definition) is 1. The molecule has 0 heterocycles. The van der Waals surface area contributed by atoms with Gasteiger partial charge < -0.3 is 5.32 Å². The van der Waals surface area contributed by atoms with E-state index < -0.39 is 0 Å². The zero-order valence-corrected chi connectivity index (χ0v) is 13.3. The maximum Gasteiger partial charge on any atom is 0.0307 e. The second kappa shape index (κ2) is 6.92. The Morgan fingerprint density at radius 2 is 1.95 bits per heavy atom. The van der Waals surface area contributed by atoms with Crippen LogP contribution in [0.4, 0.5) is 0 Å². The molecule has 0 spiro atoms. The third-order valence-electron chi connectivity index (χ3n) is 5.25. The summed E-state index contributed by atoms with van der Waals surface area (Å²) in [6.45, 7) is 8.26. The minimum Gasteiger partial charge on any atom is -0.310 e. The van der Waals surface area contributed by atoms with Gasteiger partial charge in [0.05, 0.1) is 0 Å². The molecule has 1 saturated carbocycles. The van der Waals surface area contributed by atoms with Crippen LogP contribution in [0.5, 0.6) is 0 Å². The van der Waals surface area contributed by atoms with E-state index in [1.54, 1.807) is 5.57 Å². The second-order valence-corrected chi connectivity index (χ2v) is 7.42. The van der Waals surface area contributed by atoms with Crippen molar-refractivity contribution in [3.05, 3.63) is 11.6 Å². The molecular formula is C18H33N. The second-order valence-electron chi connectivity index (χ2n) is 7.42. The van der Waals surface area contributed by atoms with Crippen LogP contribution in [0, 0.1) is 11.3 Å². The lowest BCUT2D eigenvalue weighted by molar-refractivity contribution is 0.170. The summed E-state index contributed by atoms with van der Waals surface area (Å²) in [4.78, 5) is 0. The van der Waals surface area contributed by atoms with Gasteiger partial charge in [0, 0.05) is 6.04 Å². The Bertz CT molecular complexity index is 293. The highest BCUT2D eigenvalue weighted by Gasteiger charge is 2.32. The van der Waals surface area contributed by atoms with Gasteiger partial charge in [-0.15, -0.1) is 0 Å². The minimum atomic E-state index is 0.588. The van der Waals surface area contributed by atoms with Crippen LogP contribution in [0.25, 0.3) is 0 Å². The van der Waals surface area contributed by atoms with Gasteiger partial charge in [-0.2, -0.15) is 0 Å². The van der Waals surface area contributed by atoms with Crippen molar-refractivity contribution in [3.63, 3.8) is 0 Å². The summed E-state index contributed by atoms with van der Waals surface area (Å²) in [7, 11) is 0. The number of allylic oxidation sites excluding steroid dienone is 1. The van der Waals surface area contributed by atoms with Crippen LogP contribution in [0.15, 0.2) is 11.6 Å². The Morgan fingerprint density at radius 1 is 1.21 bits per heavy atom. The van der Waals surface area contributed by atoms with E-state index in [0.29, 0.717) is 11.5 Å². The molecule has 0 saturated heterocycles. The summed E-state index contributed by atoms with van der Waals surface area (Å²) in [5.74, 6) is 0.886. The molecule has 1 atom stereocenters. The molecule has 2 aliphatic carbocycles. The smallest absolute Gasteiger partial charge is 0.0307 e. The van der Waals surface area contributed by atoms with Crippen molar-refractivity contribution in [1.82, 2.24) is 5.32 Å². The molecule has 0 aliphatic heterocycles. The topological polar surface area (TPSA) is 12.0 Å². The van der Waals surface area contributed by atoms with E-state index in [9.17, 15) is 0 Å². The average Bonchev–Trinajstić information content (AvgIpc) is 2.65. The first-order valence-corrected chi connectivity index (χ1v) is 8.55. The van der Waals surface area contributed by atoms with Gasteiger partial charge in [0.1, 0.15) is 0 Å². The van der Waals surface area contributed by atoms with E-state index in [1.807, 2.05) is 0 Å². The highest BCUT2D eigenvalue weighted by molar-refractivity contribution is 5.14. The minimum absolute atomic E-state index is 0.588. The molecule has 0 bridgehead atoms. The molecule has 1 nitrogen and oxygen atoms in total. The molecule has 1 N–H and O–H groups in total. The fraction of sp³-hybridized carbons (Fsp3) is 0.889. The third-order valence-corrected chi connectivity index (χ3v) is 5.25. The van der Waals surface area contributed by atoms with Gasteiger partial charge in [-0.3, -0.25) is 0 Å².